The third kappa shape index (κ3) is 4.16. The van der Waals surface area contributed by atoms with Gasteiger partial charge in [-0.25, -0.2) is 0 Å². The monoisotopic (exact) mass is 253 g/mol. The first kappa shape index (κ1) is 14.7. The first-order valence-corrected chi connectivity index (χ1v) is 6.32. The van der Waals surface area contributed by atoms with Gasteiger partial charge >= 0.3 is 0 Å². The molecule has 1 heterocycles. The summed E-state index contributed by atoms with van der Waals surface area (Å²) in [6.07, 6.45) is 1.60. The Morgan fingerprint density at radius 2 is 2.22 bits per heavy atom. The van der Waals surface area contributed by atoms with Gasteiger partial charge in [0.25, 0.3) is 0 Å². The van der Waals surface area contributed by atoms with Gasteiger partial charge in [-0.15, -0.1) is 0 Å². The molecule has 1 amide bonds. The molecule has 0 spiro atoms. The van der Waals surface area contributed by atoms with Crippen molar-refractivity contribution in [2.24, 2.45) is 5.73 Å². The first-order valence-electron chi connectivity index (χ1n) is 6.32. The highest BCUT2D eigenvalue weighted by Crippen LogP contribution is 2.06. The normalized spacial score (nSPS) is 13.0. The maximum atomic E-state index is 12.0. The van der Waals surface area contributed by atoms with E-state index in [4.69, 9.17) is 10.2 Å². The molecule has 0 aliphatic rings. The van der Waals surface area contributed by atoms with Crippen LogP contribution in [0, 0.1) is 0 Å². The van der Waals surface area contributed by atoms with Crippen LogP contribution in [0.4, 0.5) is 0 Å². The Balaban J connectivity index is 2.48. The summed E-state index contributed by atoms with van der Waals surface area (Å²) in [5.41, 5.74) is 5.57. The Labute approximate surface area is 108 Å². The van der Waals surface area contributed by atoms with Crippen molar-refractivity contribution in [2.75, 3.05) is 13.1 Å². The summed E-state index contributed by atoms with van der Waals surface area (Å²) in [5.74, 6) is 0.749. The molecule has 18 heavy (non-hydrogen) atoms. The summed E-state index contributed by atoms with van der Waals surface area (Å²) in [6.45, 7) is 7.71. The van der Waals surface area contributed by atoms with Gasteiger partial charge in [0.15, 0.2) is 0 Å². The summed E-state index contributed by atoms with van der Waals surface area (Å²) in [6, 6.07) is 3.74. The maximum absolute atomic E-state index is 12.0. The topological polar surface area (TPSA) is 71.5 Å². The molecule has 1 aromatic rings. The molecule has 0 saturated carbocycles. The lowest BCUT2D eigenvalue weighted by atomic mass is 10.2. The molecule has 5 heteroatoms. The third-order valence-corrected chi connectivity index (χ3v) is 2.94. The van der Waals surface area contributed by atoms with Crippen LogP contribution in [0.3, 0.4) is 0 Å². The lowest BCUT2D eigenvalue weighted by Crippen LogP contribution is -2.49. The lowest BCUT2D eigenvalue weighted by Gasteiger charge is -2.31. The highest BCUT2D eigenvalue weighted by Gasteiger charge is 2.22. The first-order chi connectivity index (χ1) is 8.56. The minimum absolute atomic E-state index is 0.00597. The van der Waals surface area contributed by atoms with Crippen LogP contribution in [0.15, 0.2) is 22.8 Å². The summed E-state index contributed by atoms with van der Waals surface area (Å²) < 4.78 is 5.17. The van der Waals surface area contributed by atoms with E-state index in [0.29, 0.717) is 19.6 Å². The number of amides is 1. The zero-order chi connectivity index (χ0) is 13.5. The van der Waals surface area contributed by atoms with Crippen molar-refractivity contribution in [2.45, 2.75) is 39.4 Å². The summed E-state index contributed by atoms with van der Waals surface area (Å²) in [7, 11) is 0. The molecule has 0 aliphatic carbocycles. The second-order valence-corrected chi connectivity index (χ2v) is 4.59. The van der Waals surface area contributed by atoms with Gasteiger partial charge in [0, 0.05) is 19.1 Å². The molecule has 0 aromatic carbocycles. The van der Waals surface area contributed by atoms with Crippen LogP contribution in [0.25, 0.3) is 0 Å². The zero-order valence-electron chi connectivity index (χ0n) is 11.3. The van der Waals surface area contributed by atoms with Crippen LogP contribution >= 0.6 is 0 Å². The predicted molar refractivity (Wildman–Crippen MR) is 70.9 cm³/mol. The summed E-state index contributed by atoms with van der Waals surface area (Å²) in [4.78, 5) is 14.1. The van der Waals surface area contributed by atoms with Crippen molar-refractivity contribution >= 4 is 5.91 Å². The number of nitrogens with zero attached hydrogens (tertiary/aromatic N) is 1. The molecule has 1 rings (SSSR count). The number of nitrogens with one attached hydrogen (secondary N) is 1. The second kappa shape index (κ2) is 7.18. The number of hydrogen-bond donors (Lipinski definition) is 2. The Morgan fingerprint density at radius 3 is 2.72 bits per heavy atom. The minimum Gasteiger partial charge on any atom is -0.467 e. The van der Waals surface area contributed by atoms with Crippen molar-refractivity contribution in [3.8, 4) is 0 Å². The average molecular weight is 253 g/mol. The zero-order valence-corrected chi connectivity index (χ0v) is 11.3. The molecule has 5 nitrogen and oxygen atoms in total. The van der Waals surface area contributed by atoms with E-state index in [0.717, 1.165) is 5.76 Å². The van der Waals surface area contributed by atoms with Crippen LogP contribution in [-0.4, -0.2) is 36.0 Å². The molecule has 0 aliphatic heterocycles. The van der Waals surface area contributed by atoms with E-state index >= 15 is 0 Å². The fourth-order valence-electron chi connectivity index (χ4n) is 1.93. The molecule has 3 N–H and O–H groups in total. The maximum Gasteiger partial charge on any atom is 0.237 e. The summed E-state index contributed by atoms with van der Waals surface area (Å²) in [5, 5.41) is 2.86. The average Bonchev–Trinajstić information content (AvgIpc) is 2.84. The standard InChI is InChI=1S/C13H23N3O2/c1-10(2)16(7-6-14)11(3)13(17)15-9-12-5-4-8-18-12/h4-5,8,10-11H,6-7,9,14H2,1-3H3,(H,15,17). The molecule has 1 atom stereocenters. The lowest BCUT2D eigenvalue weighted by molar-refractivity contribution is -0.126. The van der Waals surface area contributed by atoms with Crippen LogP contribution in [0.1, 0.15) is 26.5 Å². The summed E-state index contributed by atoms with van der Waals surface area (Å²) >= 11 is 0. The van der Waals surface area contributed by atoms with Gasteiger partial charge in [-0.2, -0.15) is 0 Å². The number of furan rings is 1. The van der Waals surface area contributed by atoms with Crippen LogP contribution in [0.5, 0.6) is 0 Å². The Kier molecular flexibility index (Phi) is 5.88. The van der Waals surface area contributed by atoms with Gasteiger partial charge in [0.2, 0.25) is 5.91 Å². The van der Waals surface area contributed by atoms with E-state index in [2.05, 4.69) is 24.1 Å². The van der Waals surface area contributed by atoms with Crippen molar-refractivity contribution in [1.82, 2.24) is 10.2 Å². The molecule has 0 radical (unpaired) electrons. The quantitative estimate of drug-likeness (QED) is 0.759. The predicted octanol–water partition coefficient (Wildman–Crippen LogP) is 0.953. The van der Waals surface area contributed by atoms with Gasteiger partial charge in [0.05, 0.1) is 18.8 Å². The SMILES string of the molecule is CC(C)N(CCN)C(C)C(=O)NCc1ccco1. The van der Waals surface area contributed by atoms with Gasteiger partial charge in [-0.05, 0) is 32.9 Å². The van der Waals surface area contributed by atoms with E-state index in [-0.39, 0.29) is 18.0 Å². The van der Waals surface area contributed by atoms with Gasteiger partial charge < -0.3 is 15.5 Å². The highest BCUT2D eigenvalue weighted by molar-refractivity contribution is 5.81. The Hall–Kier alpha value is -1.33. The van der Waals surface area contributed by atoms with Crippen LogP contribution < -0.4 is 11.1 Å². The molecule has 0 fully saturated rings. The number of rotatable bonds is 7. The van der Waals surface area contributed by atoms with E-state index < -0.39 is 0 Å². The number of hydrogen-bond acceptors (Lipinski definition) is 4. The molecular formula is C13H23N3O2. The van der Waals surface area contributed by atoms with E-state index in [1.54, 1.807) is 12.3 Å². The number of carbonyl (C=O) groups excluding carboxylic acids is 1. The number of carbonyl (C=O) groups is 1. The van der Waals surface area contributed by atoms with E-state index in [9.17, 15) is 4.79 Å². The third-order valence-electron chi connectivity index (χ3n) is 2.94. The van der Waals surface area contributed by atoms with E-state index in [1.165, 1.54) is 0 Å². The molecule has 102 valence electrons. The Bertz CT molecular complexity index is 349. The molecule has 0 saturated heterocycles. The van der Waals surface area contributed by atoms with Gasteiger partial charge in [-0.3, -0.25) is 9.69 Å². The fourth-order valence-corrected chi connectivity index (χ4v) is 1.93. The highest BCUT2D eigenvalue weighted by atomic mass is 16.3. The van der Waals surface area contributed by atoms with Crippen LogP contribution in [-0.2, 0) is 11.3 Å². The fraction of sp³-hybridized carbons (Fsp3) is 0.615. The smallest absolute Gasteiger partial charge is 0.237 e. The van der Waals surface area contributed by atoms with Gasteiger partial charge in [-0.1, -0.05) is 0 Å². The van der Waals surface area contributed by atoms with E-state index in [1.807, 2.05) is 13.0 Å². The molecular weight excluding hydrogens is 230 g/mol. The number of nitrogens with two attached hydrogens (primary N) is 1. The largest absolute Gasteiger partial charge is 0.467 e. The van der Waals surface area contributed by atoms with Crippen molar-refractivity contribution < 1.29 is 9.21 Å². The molecule has 0 bridgehead atoms. The Morgan fingerprint density at radius 1 is 1.50 bits per heavy atom. The van der Waals surface area contributed by atoms with Crippen molar-refractivity contribution in [1.29, 1.82) is 0 Å². The minimum atomic E-state index is -0.191. The van der Waals surface area contributed by atoms with Crippen molar-refractivity contribution in [3.63, 3.8) is 0 Å². The molecule has 1 aromatic heterocycles. The second-order valence-electron chi connectivity index (χ2n) is 4.59. The van der Waals surface area contributed by atoms with Crippen LogP contribution in [0.2, 0.25) is 0 Å². The van der Waals surface area contributed by atoms with Crippen molar-refractivity contribution in [3.05, 3.63) is 24.2 Å². The molecule has 1 unspecified atom stereocenters. The van der Waals surface area contributed by atoms with Gasteiger partial charge in [0.1, 0.15) is 5.76 Å².